The van der Waals surface area contributed by atoms with Crippen LogP contribution in [0.15, 0.2) is 29.5 Å². The topological polar surface area (TPSA) is 78.9 Å². The summed E-state index contributed by atoms with van der Waals surface area (Å²) in [6, 6.07) is 2.54. The van der Waals surface area contributed by atoms with E-state index in [-0.39, 0.29) is 25.3 Å². The maximum absolute atomic E-state index is 14.1. The third kappa shape index (κ3) is 3.73. The van der Waals surface area contributed by atoms with E-state index < -0.39 is 40.8 Å². The predicted molar refractivity (Wildman–Crippen MR) is 77.7 cm³/mol. The maximum atomic E-state index is 14.1. The third-order valence-electron chi connectivity index (χ3n) is 3.52. The number of alkyl halides is 3. The van der Waals surface area contributed by atoms with Crippen molar-refractivity contribution >= 4 is 17.6 Å². The molecule has 25 heavy (non-hydrogen) atoms. The van der Waals surface area contributed by atoms with E-state index in [1.54, 1.807) is 0 Å². The number of ether oxygens (including phenoxy) is 1. The molecule has 0 fully saturated rings. The Morgan fingerprint density at radius 1 is 1.40 bits per heavy atom. The number of methoxy groups -OCH3 is 1. The smallest absolute Gasteiger partial charge is 0.419 e. The second kappa shape index (κ2) is 7.09. The van der Waals surface area contributed by atoms with E-state index in [0.717, 1.165) is 24.1 Å². The Kier molecular flexibility index (Phi) is 5.31. The van der Waals surface area contributed by atoms with Gasteiger partial charge in [-0.1, -0.05) is 6.07 Å². The minimum absolute atomic E-state index is 0.102. The van der Waals surface area contributed by atoms with E-state index in [4.69, 9.17) is 5.11 Å². The molecule has 0 bridgehead atoms. The molecular weight excluding hydrogens is 348 g/mol. The summed E-state index contributed by atoms with van der Waals surface area (Å²) in [7, 11) is 1.07. The van der Waals surface area contributed by atoms with Crippen molar-refractivity contribution in [3.63, 3.8) is 0 Å². The fourth-order valence-electron chi connectivity index (χ4n) is 2.33. The van der Waals surface area contributed by atoms with Crippen molar-refractivity contribution < 1.29 is 37.0 Å². The molecule has 2 rings (SSSR count). The standard InChI is InChI=1S/C15H14F4N2O4/c1-25-14(24)8-7-21(5-6-22)13(23)12(8)20-10-4-2-3-9(11(10)16)15(17,18)19/h2-4,20,22H,5-7H2,1H3. The van der Waals surface area contributed by atoms with Gasteiger partial charge in [-0.05, 0) is 12.1 Å². The average molecular weight is 362 g/mol. The predicted octanol–water partition coefficient (Wildman–Crippen LogP) is 1.52. The first-order valence-electron chi connectivity index (χ1n) is 7.05. The number of carbonyl (C=O) groups is 2. The highest BCUT2D eigenvalue weighted by molar-refractivity contribution is 6.08. The van der Waals surface area contributed by atoms with Crippen LogP contribution in [0.2, 0.25) is 0 Å². The van der Waals surface area contributed by atoms with Crippen LogP contribution < -0.4 is 5.32 Å². The number of benzene rings is 1. The number of carbonyl (C=O) groups excluding carboxylic acids is 2. The van der Waals surface area contributed by atoms with Crippen LogP contribution >= 0.6 is 0 Å². The number of amides is 1. The number of hydrogen-bond donors (Lipinski definition) is 2. The van der Waals surface area contributed by atoms with E-state index in [1.807, 2.05) is 0 Å². The van der Waals surface area contributed by atoms with Gasteiger partial charge in [0.05, 0.1) is 37.1 Å². The second-order valence-corrected chi connectivity index (χ2v) is 5.09. The molecule has 0 atom stereocenters. The lowest BCUT2D eigenvalue weighted by atomic mass is 10.1. The first-order valence-corrected chi connectivity index (χ1v) is 7.05. The first-order chi connectivity index (χ1) is 11.7. The minimum atomic E-state index is -4.91. The lowest BCUT2D eigenvalue weighted by molar-refractivity contribution is -0.140. The lowest BCUT2D eigenvalue weighted by Gasteiger charge is -2.16. The summed E-state index contributed by atoms with van der Waals surface area (Å²) in [5.41, 5.74) is -2.67. The van der Waals surface area contributed by atoms with Gasteiger partial charge in [0, 0.05) is 6.54 Å². The van der Waals surface area contributed by atoms with Crippen molar-refractivity contribution in [2.75, 3.05) is 32.1 Å². The Balaban J connectivity index is 2.42. The van der Waals surface area contributed by atoms with Gasteiger partial charge < -0.3 is 20.1 Å². The zero-order valence-electron chi connectivity index (χ0n) is 13.0. The van der Waals surface area contributed by atoms with Crippen molar-refractivity contribution in [2.45, 2.75) is 6.18 Å². The van der Waals surface area contributed by atoms with E-state index >= 15 is 0 Å². The highest BCUT2D eigenvalue weighted by atomic mass is 19.4. The normalized spacial score (nSPS) is 15.0. The average Bonchev–Trinajstić information content (AvgIpc) is 2.85. The summed E-state index contributed by atoms with van der Waals surface area (Å²) in [5.74, 6) is -3.24. The zero-order chi connectivity index (χ0) is 18.8. The zero-order valence-corrected chi connectivity index (χ0v) is 13.0. The monoisotopic (exact) mass is 362 g/mol. The quantitative estimate of drug-likeness (QED) is 0.613. The van der Waals surface area contributed by atoms with Gasteiger partial charge in [-0.2, -0.15) is 13.2 Å². The van der Waals surface area contributed by atoms with E-state index in [0.29, 0.717) is 6.07 Å². The molecule has 0 unspecified atom stereocenters. The maximum Gasteiger partial charge on any atom is 0.419 e. The molecule has 0 spiro atoms. The molecule has 6 nitrogen and oxygen atoms in total. The van der Waals surface area contributed by atoms with Gasteiger partial charge in [0.25, 0.3) is 5.91 Å². The Morgan fingerprint density at radius 2 is 2.08 bits per heavy atom. The number of aliphatic hydroxyl groups is 1. The molecule has 1 aliphatic rings. The van der Waals surface area contributed by atoms with Gasteiger partial charge >= 0.3 is 12.1 Å². The summed E-state index contributed by atoms with van der Waals surface area (Å²) in [6.07, 6.45) is -4.91. The SMILES string of the molecule is COC(=O)C1=C(Nc2cccc(C(F)(F)F)c2F)C(=O)N(CCO)C1. The molecular formula is C15H14F4N2O4. The summed E-state index contributed by atoms with van der Waals surface area (Å²) < 4.78 is 57.0. The van der Waals surface area contributed by atoms with Crippen LogP contribution in [0.3, 0.4) is 0 Å². The van der Waals surface area contributed by atoms with Gasteiger partial charge in [-0.15, -0.1) is 0 Å². The van der Waals surface area contributed by atoms with E-state index in [1.165, 1.54) is 0 Å². The van der Waals surface area contributed by atoms with E-state index in [2.05, 4.69) is 10.1 Å². The van der Waals surface area contributed by atoms with Gasteiger partial charge in [0.15, 0.2) is 5.82 Å². The highest BCUT2D eigenvalue weighted by Crippen LogP contribution is 2.35. The fourth-order valence-corrected chi connectivity index (χ4v) is 2.33. The van der Waals surface area contributed by atoms with Gasteiger partial charge in [0.2, 0.25) is 0 Å². The van der Waals surface area contributed by atoms with Crippen molar-refractivity contribution in [3.8, 4) is 0 Å². The van der Waals surface area contributed by atoms with Crippen molar-refractivity contribution in [3.05, 3.63) is 40.8 Å². The van der Waals surface area contributed by atoms with Gasteiger partial charge in [-0.3, -0.25) is 4.79 Å². The molecule has 1 aromatic rings. The lowest BCUT2D eigenvalue weighted by Crippen LogP contribution is -2.31. The van der Waals surface area contributed by atoms with Crippen LogP contribution in [0.4, 0.5) is 23.2 Å². The Hall–Kier alpha value is -2.62. The minimum Gasteiger partial charge on any atom is -0.466 e. The summed E-state index contributed by atoms with van der Waals surface area (Å²) >= 11 is 0. The third-order valence-corrected chi connectivity index (χ3v) is 3.52. The summed E-state index contributed by atoms with van der Waals surface area (Å²) in [5, 5.41) is 11.2. The van der Waals surface area contributed by atoms with Crippen LogP contribution in [0.1, 0.15) is 5.56 Å². The number of nitrogens with one attached hydrogen (secondary N) is 1. The molecule has 1 amide bonds. The van der Waals surface area contributed by atoms with Crippen LogP contribution in [0.5, 0.6) is 0 Å². The molecule has 10 heteroatoms. The molecule has 136 valence electrons. The fraction of sp³-hybridized carbons (Fsp3) is 0.333. The largest absolute Gasteiger partial charge is 0.466 e. The number of anilines is 1. The molecule has 0 aromatic heterocycles. The van der Waals surface area contributed by atoms with Gasteiger partial charge in [-0.25, -0.2) is 9.18 Å². The molecule has 0 radical (unpaired) electrons. The van der Waals surface area contributed by atoms with Crippen molar-refractivity contribution in [2.24, 2.45) is 0 Å². The Bertz CT molecular complexity index is 731. The van der Waals surface area contributed by atoms with E-state index in [9.17, 15) is 27.2 Å². The Labute approximate surface area is 139 Å². The summed E-state index contributed by atoms with van der Waals surface area (Å²) in [6.45, 7) is -0.698. The Morgan fingerprint density at radius 3 is 2.64 bits per heavy atom. The number of esters is 1. The number of hydrogen-bond acceptors (Lipinski definition) is 5. The van der Waals surface area contributed by atoms with Gasteiger partial charge in [0.1, 0.15) is 5.70 Å². The number of nitrogens with zero attached hydrogens (tertiary/aromatic N) is 1. The van der Waals surface area contributed by atoms with Crippen molar-refractivity contribution in [1.82, 2.24) is 4.90 Å². The van der Waals surface area contributed by atoms with Crippen LogP contribution in [0, 0.1) is 5.82 Å². The molecule has 0 saturated carbocycles. The molecule has 1 aromatic carbocycles. The molecule has 0 aliphatic carbocycles. The number of aliphatic hydroxyl groups excluding tert-OH is 1. The second-order valence-electron chi connectivity index (χ2n) is 5.09. The summed E-state index contributed by atoms with van der Waals surface area (Å²) in [4.78, 5) is 25.1. The molecule has 0 saturated heterocycles. The first kappa shape index (κ1) is 18.7. The molecule has 2 N–H and O–H groups in total. The van der Waals surface area contributed by atoms with Crippen molar-refractivity contribution in [1.29, 1.82) is 0 Å². The highest BCUT2D eigenvalue weighted by Gasteiger charge is 2.37. The molecule has 1 aliphatic heterocycles. The molecule has 1 heterocycles. The van der Waals surface area contributed by atoms with Crippen LogP contribution in [0.25, 0.3) is 0 Å². The van der Waals surface area contributed by atoms with Crippen LogP contribution in [-0.2, 0) is 20.5 Å². The number of halogens is 4. The number of rotatable bonds is 5. The number of β-amino-alcohol motifs (C(OH)–C–C–N with tert-alkyl or cyclic N) is 1. The van der Waals surface area contributed by atoms with Crippen LogP contribution in [-0.4, -0.2) is 48.7 Å².